The van der Waals surface area contributed by atoms with E-state index < -0.39 is 0 Å². The molecule has 0 bridgehead atoms. The predicted octanol–water partition coefficient (Wildman–Crippen LogP) is 2.54. The first-order chi connectivity index (χ1) is 6.62. The Morgan fingerprint density at radius 2 is 2.07 bits per heavy atom. The molecule has 76 valence electrons. The zero-order chi connectivity index (χ0) is 10.2. The lowest BCUT2D eigenvalue weighted by Gasteiger charge is -2.38. The molecular formula is C12H18N2. The summed E-state index contributed by atoms with van der Waals surface area (Å²) in [6.07, 6.45) is 7.33. The highest BCUT2D eigenvalue weighted by molar-refractivity contribution is 5.28. The van der Waals surface area contributed by atoms with Crippen LogP contribution < -0.4 is 5.73 Å². The molecule has 0 spiro atoms. The number of pyridine rings is 1. The van der Waals surface area contributed by atoms with Crippen molar-refractivity contribution in [1.29, 1.82) is 0 Å². The van der Waals surface area contributed by atoms with Crippen LogP contribution in [0.25, 0.3) is 0 Å². The van der Waals surface area contributed by atoms with E-state index in [1.165, 1.54) is 17.5 Å². The fraction of sp³-hybridized carbons (Fsp3) is 0.583. The molecule has 2 nitrogen and oxygen atoms in total. The molecule has 1 aromatic heterocycles. The second kappa shape index (κ2) is 3.35. The number of nitrogens with zero attached hydrogens (tertiary/aromatic N) is 1. The Bertz CT molecular complexity index is 327. The van der Waals surface area contributed by atoms with Gasteiger partial charge in [0.2, 0.25) is 0 Å². The van der Waals surface area contributed by atoms with Crippen molar-refractivity contribution in [3.63, 3.8) is 0 Å². The van der Waals surface area contributed by atoms with Gasteiger partial charge in [0.25, 0.3) is 0 Å². The molecule has 0 amide bonds. The van der Waals surface area contributed by atoms with Crippen molar-refractivity contribution in [3.05, 3.63) is 29.6 Å². The van der Waals surface area contributed by atoms with Gasteiger partial charge >= 0.3 is 0 Å². The van der Waals surface area contributed by atoms with Gasteiger partial charge in [0.05, 0.1) is 0 Å². The normalized spacial score (nSPS) is 19.4. The van der Waals surface area contributed by atoms with Gasteiger partial charge in [-0.1, -0.05) is 19.9 Å². The molecule has 1 saturated carbocycles. The van der Waals surface area contributed by atoms with Crippen LogP contribution in [0.3, 0.4) is 0 Å². The van der Waals surface area contributed by atoms with Gasteiger partial charge in [-0.3, -0.25) is 4.98 Å². The largest absolute Gasteiger partial charge is 0.321 e. The van der Waals surface area contributed by atoms with E-state index in [0.29, 0.717) is 5.92 Å². The summed E-state index contributed by atoms with van der Waals surface area (Å²) in [6, 6.07) is 2.22. The Morgan fingerprint density at radius 3 is 2.57 bits per heavy atom. The summed E-state index contributed by atoms with van der Waals surface area (Å²) in [6.45, 7) is 4.37. The smallest absolute Gasteiger partial charge is 0.0425 e. The van der Waals surface area contributed by atoms with Gasteiger partial charge in [0.15, 0.2) is 0 Å². The lowest BCUT2D eigenvalue weighted by Crippen LogP contribution is -2.43. The van der Waals surface area contributed by atoms with Gasteiger partial charge in [-0.05, 0) is 36.3 Å². The van der Waals surface area contributed by atoms with Crippen LogP contribution in [0.15, 0.2) is 18.5 Å². The summed E-state index contributed by atoms with van der Waals surface area (Å²) in [5.74, 6) is 0.533. The van der Waals surface area contributed by atoms with Crippen molar-refractivity contribution < 1.29 is 0 Å². The molecule has 0 saturated heterocycles. The van der Waals surface area contributed by atoms with E-state index in [9.17, 15) is 0 Å². The molecule has 0 unspecified atom stereocenters. The van der Waals surface area contributed by atoms with Crippen molar-refractivity contribution >= 4 is 0 Å². The molecule has 2 rings (SSSR count). The lowest BCUT2D eigenvalue weighted by atomic mass is 9.73. The van der Waals surface area contributed by atoms with E-state index >= 15 is 0 Å². The number of aromatic nitrogens is 1. The average molecular weight is 190 g/mol. The highest BCUT2D eigenvalue weighted by atomic mass is 14.8. The van der Waals surface area contributed by atoms with Crippen molar-refractivity contribution in [2.75, 3.05) is 0 Å². The molecule has 14 heavy (non-hydrogen) atoms. The summed E-state index contributed by atoms with van der Waals surface area (Å²) in [5, 5.41) is 0. The molecular weight excluding hydrogens is 172 g/mol. The predicted molar refractivity (Wildman–Crippen MR) is 58.0 cm³/mol. The molecule has 0 radical (unpaired) electrons. The minimum Gasteiger partial charge on any atom is -0.321 e. The van der Waals surface area contributed by atoms with E-state index in [4.69, 9.17) is 5.73 Å². The van der Waals surface area contributed by atoms with E-state index in [1.807, 2.05) is 12.4 Å². The van der Waals surface area contributed by atoms with Crippen molar-refractivity contribution in [3.8, 4) is 0 Å². The SMILES string of the molecule is CC(C)c1cncc(C2(N)CCC2)c1. The number of rotatable bonds is 2. The Labute approximate surface area is 85.5 Å². The van der Waals surface area contributed by atoms with Crippen molar-refractivity contribution in [2.45, 2.75) is 44.6 Å². The molecule has 0 aromatic carbocycles. The van der Waals surface area contributed by atoms with E-state index in [-0.39, 0.29) is 5.54 Å². The second-order valence-electron chi connectivity index (χ2n) is 4.67. The van der Waals surface area contributed by atoms with Gasteiger partial charge in [-0.15, -0.1) is 0 Å². The Morgan fingerprint density at radius 1 is 1.36 bits per heavy atom. The van der Waals surface area contributed by atoms with Crippen LogP contribution in [0.4, 0.5) is 0 Å². The van der Waals surface area contributed by atoms with E-state index in [0.717, 1.165) is 12.8 Å². The third kappa shape index (κ3) is 1.55. The highest BCUT2D eigenvalue weighted by Crippen LogP contribution is 2.38. The van der Waals surface area contributed by atoms with Crippen LogP contribution in [-0.4, -0.2) is 4.98 Å². The maximum atomic E-state index is 6.25. The molecule has 1 aliphatic carbocycles. The van der Waals surface area contributed by atoms with Crippen LogP contribution >= 0.6 is 0 Å². The maximum Gasteiger partial charge on any atom is 0.0425 e. The molecule has 2 heteroatoms. The fourth-order valence-electron chi connectivity index (χ4n) is 1.89. The molecule has 1 fully saturated rings. The van der Waals surface area contributed by atoms with Crippen LogP contribution in [0, 0.1) is 0 Å². The Kier molecular flexibility index (Phi) is 2.31. The van der Waals surface area contributed by atoms with Crippen LogP contribution in [0.5, 0.6) is 0 Å². The monoisotopic (exact) mass is 190 g/mol. The van der Waals surface area contributed by atoms with E-state index in [1.54, 1.807) is 0 Å². The first-order valence-corrected chi connectivity index (χ1v) is 5.36. The zero-order valence-corrected chi connectivity index (χ0v) is 8.96. The molecule has 0 atom stereocenters. The highest BCUT2D eigenvalue weighted by Gasteiger charge is 2.34. The number of nitrogens with two attached hydrogens (primary N) is 1. The molecule has 1 heterocycles. The molecule has 1 aliphatic rings. The fourth-order valence-corrected chi connectivity index (χ4v) is 1.89. The van der Waals surface area contributed by atoms with Crippen molar-refractivity contribution in [1.82, 2.24) is 4.98 Å². The van der Waals surface area contributed by atoms with Gasteiger partial charge in [0.1, 0.15) is 0 Å². The third-order valence-corrected chi connectivity index (χ3v) is 3.25. The topological polar surface area (TPSA) is 38.9 Å². The maximum absolute atomic E-state index is 6.25. The Balaban J connectivity index is 2.30. The molecule has 1 aromatic rings. The van der Waals surface area contributed by atoms with Crippen molar-refractivity contribution in [2.24, 2.45) is 5.73 Å². The summed E-state index contributed by atoms with van der Waals surface area (Å²) in [4.78, 5) is 4.27. The quantitative estimate of drug-likeness (QED) is 0.778. The van der Waals surface area contributed by atoms with Crippen LogP contribution in [0.1, 0.15) is 50.2 Å². The molecule has 0 aliphatic heterocycles. The number of hydrogen-bond acceptors (Lipinski definition) is 2. The summed E-state index contributed by atoms with van der Waals surface area (Å²) in [5.41, 5.74) is 8.69. The van der Waals surface area contributed by atoms with Crippen LogP contribution in [-0.2, 0) is 5.54 Å². The summed E-state index contributed by atoms with van der Waals surface area (Å²) in [7, 11) is 0. The van der Waals surface area contributed by atoms with Gasteiger partial charge < -0.3 is 5.73 Å². The van der Waals surface area contributed by atoms with Gasteiger partial charge in [-0.2, -0.15) is 0 Å². The average Bonchev–Trinajstić information content (AvgIpc) is 2.14. The summed E-state index contributed by atoms with van der Waals surface area (Å²) >= 11 is 0. The lowest BCUT2D eigenvalue weighted by molar-refractivity contribution is 0.252. The van der Waals surface area contributed by atoms with Gasteiger partial charge in [0, 0.05) is 17.9 Å². The third-order valence-electron chi connectivity index (χ3n) is 3.25. The zero-order valence-electron chi connectivity index (χ0n) is 8.96. The first-order valence-electron chi connectivity index (χ1n) is 5.36. The standard InChI is InChI=1S/C12H18N2/c1-9(2)10-6-11(8-14-7-10)12(13)4-3-5-12/h6-9H,3-5,13H2,1-2H3. The second-order valence-corrected chi connectivity index (χ2v) is 4.67. The number of hydrogen-bond donors (Lipinski definition) is 1. The summed E-state index contributed by atoms with van der Waals surface area (Å²) < 4.78 is 0. The first kappa shape index (κ1) is 9.66. The Hall–Kier alpha value is -0.890. The van der Waals surface area contributed by atoms with E-state index in [2.05, 4.69) is 24.9 Å². The molecule has 2 N–H and O–H groups in total. The minimum absolute atomic E-state index is 0.0715. The van der Waals surface area contributed by atoms with Crippen LogP contribution in [0.2, 0.25) is 0 Å². The van der Waals surface area contributed by atoms with Gasteiger partial charge in [-0.25, -0.2) is 0 Å². The minimum atomic E-state index is -0.0715.